The van der Waals surface area contributed by atoms with Crippen LogP contribution in [0.25, 0.3) is 0 Å². The third-order valence-corrected chi connectivity index (χ3v) is 4.42. The van der Waals surface area contributed by atoms with Crippen LogP contribution in [-0.4, -0.2) is 49.6 Å². The molecule has 6 nitrogen and oxygen atoms in total. The van der Waals surface area contributed by atoms with Crippen LogP contribution >= 0.6 is 12.4 Å². The van der Waals surface area contributed by atoms with Crippen LogP contribution in [0, 0.1) is 6.92 Å². The number of nitrogens with one attached hydrogen (secondary N) is 1. The molecule has 3 N–H and O–H groups in total. The molecule has 0 aromatic heterocycles. The number of halogens is 1. The molecule has 25 heavy (non-hydrogen) atoms. The Morgan fingerprint density at radius 3 is 2.44 bits per heavy atom. The number of carbonyl (C=O) groups is 2. The van der Waals surface area contributed by atoms with E-state index in [1.807, 2.05) is 36.1 Å². The van der Waals surface area contributed by atoms with Gasteiger partial charge < -0.3 is 20.7 Å². The minimum Gasteiger partial charge on any atom is -0.378 e. The van der Waals surface area contributed by atoms with Crippen molar-refractivity contribution in [2.45, 2.75) is 38.3 Å². The molecule has 1 heterocycles. The van der Waals surface area contributed by atoms with Crippen molar-refractivity contribution in [2.75, 3.05) is 26.7 Å². The van der Waals surface area contributed by atoms with Gasteiger partial charge in [0.05, 0.1) is 12.7 Å². The van der Waals surface area contributed by atoms with Crippen LogP contribution in [0.1, 0.15) is 36.4 Å². The number of rotatable bonds is 6. The summed E-state index contributed by atoms with van der Waals surface area (Å²) in [6.07, 6.45) is 2.03. The number of hydrogen-bond acceptors (Lipinski definition) is 4. The van der Waals surface area contributed by atoms with Crippen molar-refractivity contribution in [2.24, 2.45) is 5.73 Å². The number of benzene rings is 1. The van der Waals surface area contributed by atoms with Crippen molar-refractivity contribution in [1.29, 1.82) is 0 Å². The largest absolute Gasteiger partial charge is 0.378 e. The predicted octanol–water partition coefficient (Wildman–Crippen LogP) is 1.56. The molecule has 1 aromatic rings. The minimum absolute atomic E-state index is 0. The van der Waals surface area contributed by atoms with E-state index in [9.17, 15) is 9.59 Å². The van der Waals surface area contributed by atoms with Crippen molar-refractivity contribution in [3.8, 4) is 0 Å². The first-order valence-corrected chi connectivity index (χ1v) is 8.44. The number of amides is 2. The van der Waals surface area contributed by atoms with Gasteiger partial charge in [-0.1, -0.05) is 29.8 Å². The number of nitrogens with two attached hydrogens (primary N) is 1. The van der Waals surface area contributed by atoms with Gasteiger partial charge in [-0.25, -0.2) is 0 Å². The van der Waals surface area contributed by atoms with E-state index in [1.165, 1.54) is 0 Å². The van der Waals surface area contributed by atoms with Crippen LogP contribution in [0.2, 0.25) is 0 Å². The first-order chi connectivity index (χ1) is 11.5. The Bertz CT molecular complexity index is 557. The summed E-state index contributed by atoms with van der Waals surface area (Å²) in [5.41, 5.74) is 8.10. The molecule has 0 radical (unpaired) electrons. The lowest BCUT2D eigenvalue weighted by Gasteiger charge is -2.33. The Kier molecular flexibility index (Phi) is 8.89. The number of carbonyl (C=O) groups excluding carboxylic acids is 2. The Hall–Kier alpha value is -1.63. The highest BCUT2D eigenvalue weighted by Gasteiger charge is 2.27. The van der Waals surface area contributed by atoms with Gasteiger partial charge in [-0.3, -0.25) is 9.59 Å². The highest BCUT2D eigenvalue weighted by molar-refractivity contribution is 5.85. The van der Waals surface area contributed by atoms with Gasteiger partial charge >= 0.3 is 0 Å². The van der Waals surface area contributed by atoms with E-state index >= 15 is 0 Å². The van der Waals surface area contributed by atoms with Gasteiger partial charge in [0.1, 0.15) is 6.04 Å². The zero-order valence-corrected chi connectivity index (χ0v) is 15.7. The van der Waals surface area contributed by atoms with Crippen molar-refractivity contribution in [3.05, 3.63) is 35.4 Å². The van der Waals surface area contributed by atoms with Crippen LogP contribution in [0.15, 0.2) is 24.3 Å². The molecular formula is C18H28ClN3O3. The first-order valence-electron chi connectivity index (χ1n) is 8.44. The maximum Gasteiger partial charge on any atom is 0.244 e. The lowest BCUT2D eigenvalue weighted by molar-refractivity contribution is -0.135. The maximum atomic E-state index is 12.5. The van der Waals surface area contributed by atoms with E-state index in [0.29, 0.717) is 26.1 Å². The second-order valence-electron chi connectivity index (χ2n) is 6.21. The molecule has 1 unspecified atom stereocenters. The number of hydrogen-bond donors (Lipinski definition) is 2. The van der Waals surface area contributed by atoms with E-state index in [2.05, 4.69) is 5.32 Å². The summed E-state index contributed by atoms with van der Waals surface area (Å²) in [5, 5.41) is 2.57. The average molecular weight is 370 g/mol. The molecule has 1 aliphatic heterocycles. The fourth-order valence-corrected chi connectivity index (χ4v) is 2.80. The molecule has 1 aliphatic rings. The van der Waals surface area contributed by atoms with Crippen LogP contribution in [0.3, 0.4) is 0 Å². The van der Waals surface area contributed by atoms with Crippen LogP contribution in [-0.2, 0) is 14.3 Å². The van der Waals surface area contributed by atoms with Gasteiger partial charge in [0.2, 0.25) is 11.8 Å². The van der Waals surface area contributed by atoms with Gasteiger partial charge in [0.15, 0.2) is 0 Å². The van der Waals surface area contributed by atoms with Crippen molar-refractivity contribution >= 4 is 24.2 Å². The zero-order chi connectivity index (χ0) is 17.5. The second-order valence-corrected chi connectivity index (χ2v) is 6.21. The molecule has 2 amide bonds. The Morgan fingerprint density at radius 2 is 1.88 bits per heavy atom. The summed E-state index contributed by atoms with van der Waals surface area (Å²) in [6, 6.07) is 7.14. The molecule has 0 aliphatic carbocycles. The topological polar surface area (TPSA) is 84.7 Å². The SMILES string of the molecule is CNC(=O)CCOC1CCN(C(=O)C(N)c2ccc(C)cc2)CC1.Cl. The van der Waals surface area contributed by atoms with Crippen LogP contribution < -0.4 is 11.1 Å². The maximum absolute atomic E-state index is 12.5. The minimum atomic E-state index is -0.615. The molecule has 1 fully saturated rings. The van der Waals surface area contributed by atoms with E-state index in [1.54, 1.807) is 7.05 Å². The number of aryl methyl sites for hydroxylation is 1. The Balaban J connectivity index is 0.00000312. The summed E-state index contributed by atoms with van der Waals surface area (Å²) in [5.74, 6) is -0.0608. The predicted molar refractivity (Wildman–Crippen MR) is 99.6 cm³/mol. The summed E-state index contributed by atoms with van der Waals surface area (Å²) in [6.45, 7) is 3.71. The zero-order valence-electron chi connectivity index (χ0n) is 14.9. The highest BCUT2D eigenvalue weighted by atomic mass is 35.5. The molecule has 2 rings (SSSR count). The molecule has 1 aromatic carbocycles. The number of piperidine rings is 1. The molecule has 0 spiro atoms. The quantitative estimate of drug-likeness (QED) is 0.797. The number of nitrogens with zero attached hydrogens (tertiary/aromatic N) is 1. The van der Waals surface area contributed by atoms with Gasteiger partial charge in [0.25, 0.3) is 0 Å². The lowest BCUT2D eigenvalue weighted by Crippen LogP contribution is -2.45. The summed E-state index contributed by atoms with van der Waals surface area (Å²) < 4.78 is 5.71. The smallest absolute Gasteiger partial charge is 0.244 e. The Morgan fingerprint density at radius 1 is 1.28 bits per heavy atom. The summed E-state index contributed by atoms with van der Waals surface area (Å²) >= 11 is 0. The van der Waals surface area contributed by atoms with Gasteiger partial charge in [-0.05, 0) is 25.3 Å². The molecule has 0 saturated carbocycles. The fourth-order valence-electron chi connectivity index (χ4n) is 2.80. The standard InChI is InChI=1S/C18H27N3O3.ClH/c1-13-3-5-14(6-4-13)17(19)18(23)21-10-7-15(8-11-21)24-12-9-16(22)20-2;/h3-6,15,17H,7-12,19H2,1-2H3,(H,20,22);1H. The fraction of sp³-hybridized carbons (Fsp3) is 0.556. The van der Waals surface area contributed by atoms with E-state index < -0.39 is 6.04 Å². The van der Waals surface area contributed by atoms with Gasteiger partial charge in [-0.15, -0.1) is 12.4 Å². The molecule has 7 heteroatoms. The average Bonchev–Trinajstić information content (AvgIpc) is 2.61. The van der Waals surface area contributed by atoms with E-state index in [-0.39, 0.29) is 30.3 Å². The summed E-state index contributed by atoms with van der Waals surface area (Å²) in [4.78, 5) is 25.5. The third-order valence-electron chi connectivity index (χ3n) is 4.42. The van der Waals surface area contributed by atoms with Crippen molar-refractivity contribution in [3.63, 3.8) is 0 Å². The van der Waals surface area contributed by atoms with E-state index in [4.69, 9.17) is 10.5 Å². The van der Waals surface area contributed by atoms with E-state index in [0.717, 1.165) is 24.0 Å². The second kappa shape index (κ2) is 10.4. The molecular weight excluding hydrogens is 342 g/mol. The summed E-state index contributed by atoms with van der Waals surface area (Å²) in [7, 11) is 1.61. The van der Waals surface area contributed by atoms with Gasteiger partial charge in [-0.2, -0.15) is 0 Å². The number of ether oxygens (including phenoxy) is 1. The first kappa shape index (κ1) is 21.4. The Labute approximate surface area is 155 Å². The monoisotopic (exact) mass is 369 g/mol. The molecule has 1 atom stereocenters. The van der Waals surface area contributed by atoms with Crippen molar-refractivity contribution < 1.29 is 14.3 Å². The molecule has 1 saturated heterocycles. The van der Waals surface area contributed by atoms with Crippen LogP contribution in [0.4, 0.5) is 0 Å². The van der Waals surface area contributed by atoms with Crippen LogP contribution in [0.5, 0.6) is 0 Å². The highest BCUT2D eigenvalue weighted by Crippen LogP contribution is 2.19. The molecule has 140 valence electrons. The molecule has 0 bridgehead atoms. The number of likely N-dealkylation sites (tertiary alicyclic amines) is 1. The normalized spacial score (nSPS) is 16.0. The van der Waals surface area contributed by atoms with Gasteiger partial charge in [0, 0.05) is 26.6 Å². The third kappa shape index (κ3) is 6.30. The van der Waals surface area contributed by atoms with Crippen molar-refractivity contribution in [1.82, 2.24) is 10.2 Å². The lowest BCUT2D eigenvalue weighted by atomic mass is 10.0.